The molecule has 0 spiro atoms. The highest BCUT2D eigenvalue weighted by Crippen LogP contribution is 2.45. The molecule has 0 amide bonds. The molecule has 0 bridgehead atoms. The monoisotopic (exact) mass is 982 g/mol. The summed E-state index contributed by atoms with van der Waals surface area (Å²) in [6, 6.07) is 75.8. The maximum absolute atomic E-state index is 5.53. The summed E-state index contributed by atoms with van der Waals surface area (Å²) in [5.74, 6) is 2.71. The molecule has 0 aliphatic heterocycles. The third kappa shape index (κ3) is 9.22. The molecule has 0 aliphatic carbocycles. The van der Waals surface area contributed by atoms with Gasteiger partial charge in [-0.25, -0.2) is 14.9 Å². The molecule has 2 heterocycles. The van der Waals surface area contributed by atoms with Gasteiger partial charge in [0, 0.05) is 27.9 Å². The van der Waals surface area contributed by atoms with Gasteiger partial charge in [-0.05, 0) is 139 Å². The largest absolute Gasteiger partial charge is 0.309 e. The second-order valence-corrected chi connectivity index (χ2v) is 19.7. The lowest BCUT2D eigenvalue weighted by atomic mass is 9.95. The maximum Gasteiger partial charge on any atom is 0.241 e. The van der Waals surface area contributed by atoms with Crippen molar-refractivity contribution >= 4 is 56.2 Å². The molecule has 0 radical (unpaired) electrons. The third-order valence-electron chi connectivity index (χ3n) is 14.0. The van der Waals surface area contributed by atoms with E-state index in [1.165, 1.54) is 33.4 Å². The first-order valence-electron chi connectivity index (χ1n) is 25.7. The highest BCUT2D eigenvalue weighted by molar-refractivity contribution is 5.96. The van der Waals surface area contributed by atoms with Gasteiger partial charge >= 0.3 is 0 Å². The van der Waals surface area contributed by atoms with Gasteiger partial charge in [0.25, 0.3) is 0 Å². The molecule has 366 valence electrons. The van der Waals surface area contributed by atoms with Crippen LogP contribution < -0.4 is 9.80 Å². The van der Waals surface area contributed by atoms with Gasteiger partial charge in [-0.3, -0.25) is 0 Å². The van der Waals surface area contributed by atoms with Crippen LogP contribution in [0.25, 0.3) is 78.2 Å². The van der Waals surface area contributed by atoms with E-state index in [4.69, 9.17) is 29.9 Å². The van der Waals surface area contributed by atoms with Crippen LogP contribution >= 0.6 is 0 Å². The van der Waals surface area contributed by atoms with Crippen LogP contribution in [-0.4, -0.2) is 29.9 Å². The molecule has 0 saturated carbocycles. The normalized spacial score (nSPS) is 11.3. The minimum Gasteiger partial charge on any atom is -0.309 e. The summed E-state index contributed by atoms with van der Waals surface area (Å²) in [4.78, 5) is 36.6. The van der Waals surface area contributed by atoms with Gasteiger partial charge in [-0.15, -0.1) is 0 Å². The van der Waals surface area contributed by atoms with Gasteiger partial charge in [0.2, 0.25) is 11.9 Å². The Balaban J connectivity index is 1.13. The van der Waals surface area contributed by atoms with E-state index >= 15 is 0 Å². The molecule has 0 fully saturated rings. The molecule has 0 saturated heterocycles. The second kappa shape index (κ2) is 20.0. The number of aryl methyl sites for hydroxylation is 6. The van der Waals surface area contributed by atoms with E-state index in [0.717, 1.165) is 77.7 Å². The first-order chi connectivity index (χ1) is 37.1. The molecule has 0 unspecified atom stereocenters. The number of rotatable bonds is 11. The average Bonchev–Trinajstić information content (AvgIpc) is 3.51. The molecule has 8 heteroatoms. The van der Waals surface area contributed by atoms with Crippen molar-refractivity contribution in [1.29, 1.82) is 0 Å². The number of benzene rings is 10. The average molecular weight is 983 g/mol. The smallest absolute Gasteiger partial charge is 0.241 e. The molecule has 8 nitrogen and oxygen atoms in total. The summed E-state index contributed by atoms with van der Waals surface area (Å²) in [5, 5.41) is 4.39. The Kier molecular flexibility index (Phi) is 12.5. The predicted octanol–water partition coefficient (Wildman–Crippen LogP) is 17.5. The van der Waals surface area contributed by atoms with E-state index in [0.29, 0.717) is 35.2 Å². The lowest BCUT2D eigenvalue weighted by molar-refractivity contribution is 0.964. The quantitative estimate of drug-likeness (QED) is 0.127. The van der Waals surface area contributed by atoms with Crippen molar-refractivity contribution in [3.63, 3.8) is 0 Å². The number of anilines is 6. The fourth-order valence-electron chi connectivity index (χ4n) is 10.7. The number of aromatic nitrogens is 6. The Bertz CT molecular complexity index is 4020. The van der Waals surface area contributed by atoms with E-state index in [1.54, 1.807) is 0 Å². The summed E-state index contributed by atoms with van der Waals surface area (Å²) < 4.78 is 0. The van der Waals surface area contributed by atoms with Gasteiger partial charge in [0.1, 0.15) is 0 Å². The molecule has 10 aromatic carbocycles. The standard InChI is InChI=1S/C68H54N8/c1-43-36-45(3)61(46(4)37-43)75(62-47(5)38-44(2)39-48(62)6)57-32-34-58(35-33-57)76(67-71-63(51-23-12-8-13-24-51)69-65(73-67)56-31-30-49-20-16-17-27-53(49)40-56)68-72-64(52-25-14-9-15-26-52)70-66(74-68)60-42-55-29-19-18-28-54(55)41-59(60)50-21-10-7-11-22-50/h7-42H,1-6H3. The SMILES string of the molecule is Cc1cc(C)c(N(c2ccc(N(c3nc(-c4ccccc4)nc(-c4ccc5ccccc5c4)n3)c3nc(-c4ccccc4)nc(-c4cc5ccccc5cc4-c4ccccc4)n3)cc2)c2c(C)cc(C)cc2C)c(C)c1. The first kappa shape index (κ1) is 47.4. The van der Waals surface area contributed by atoms with E-state index < -0.39 is 0 Å². The van der Waals surface area contributed by atoms with Crippen molar-refractivity contribution in [2.45, 2.75) is 41.5 Å². The molecule has 0 N–H and O–H groups in total. The molecule has 12 aromatic rings. The number of hydrogen-bond donors (Lipinski definition) is 0. The van der Waals surface area contributed by atoms with Crippen LogP contribution in [0.3, 0.4) is 0 Å². The Morgan fingerprint density at radius 3 is 1.12 bits per heavy atom. The van der Waals surface area contributed by atoms with Crippen LogP contribution in [0.15, 0.2) is 218 Å². The Morgan fingerprint density at radius 1 is 0.263 bits per heavy atom. The lowest BCUT2D eigenvalue weighted by Crippen LogP contribution is -2.19. The molecule has 76 heavy (non-hydrogen) atoms. The highest BCUT2D eigenvalue weighted by atomic mass is 15.4. The van der Waals surface area contributed by atoms with Gasteiger partial charge in [0.05, 0.1) is 17.1 Å². The first-order valence-corrected chi connectivity index (χ1v) is 25.7. The molecule has 0 atom stereocenters. The number of fused-ring (bicyclic) bond motifs is 2. The molecule has 12 rings (SSSR count). The zero-order valence-electron chi connectivity index (χ0n) is 43.4. The Labute approximate surface area is 443 Å². The highest BCUT2D eigenvalue weighted by Gasteiger charge is 2.27. The topological polar surface area (TPSA) is 83.8 Å². The fourth-order valence-corrected chi connectivity index (χ4v) is 10.7. The molecular formula is C68H54N8. The van der Waals surface area contributed by atoms with Gasteiger partial charge in [-0.2, -0.15) is 19.9 Å². The van der Waals surface area contributed by atoms with Crippen molar-refractivity contribution in [2.75, 3.05) is 9.80 Å². The van der Waals surface area contributed by atoms with Crippen LogP contribution in [0.4, 0.5) is 34.6 Å². The summed E-state index contributed by atoms with van der Waals surface area (Å²) in [5.41, 5.74) is 16.7. The van der Waals surface area contributed by atoms with Crippen LogP contribution in [-0.2, 0) is 0 Å². The second-order valence-electron chi connectivity index (χ2n) is 19.7. The van der Waals surface area contributed by atoms with Crippen molar-refractivity contribution in [3.05, 3.63) is 252 Å². The zero-order chi connectivity index (χ0) is 51.9. The van der Waals surface area contributed by atoms with Gasteiger partial charge < -0.3 is 4.90 Å². The number of nitrogens with zero attached hydrogens (tertiary/aromatic N) is 8. The van der Waals surface area contributed by atoms with Gasteiger partial charge in [0.15, 0.2) is 23.3 Å². The number of hydrogen-bond acceptors (Lipinski definition) is 8. The predicted molar refractivity (Wildman–Crippen MR) is 313 cm³/mol. The van der Waals surface area contributed by atoms with E-state index in [1.807, 2.05) is 71.6 Å². The summed E-state index contributed by atoms with van der Waals surface area (Å²) in [7, 11) is 0. The third-order valence-corrected chi connectivity index (χ3v) is 14.0. The van der Waals surface area contributed by atoms with Crippen LogP contribution in [0.1, 0.15) is 33.4 Å². The van der Waals surface area contributed by atoms with Crippen LogP contribution in [0.5, 0.6) is 0 Å². The Morgan fingerprint density at radius 2 is 0.632 bits per heavy atom. The maximum atomic E-state index is 5.53. The summed E-state index contributed by atoms with van der Waals surface area (Å²) in [6.45, 7) is 13.1. The van der Waals surface area contributed by atoms with E-state index in [9.17, 15) is 0 Å². The minimum absolute atomic E-state index is 0.339. The van der Waals surface area contributed by atoms with E-state index in [-0.39, 0.29) is 0 Å². The Hall–Kier alpha value is -9.66. The van der Waals surface area contributed by atoms with Crippen molar-refractivity contribution in [1.82, 2.24) is 29.9 Å². The molecule has 0 aliphatic rings. The van der Waals surface area contributed by atoms with Crippen molar-refractivity contribution in [2.24, 2.45) is 0 Å². The van der Waals surface area contributed by atoms with Crippen LogP contribution in [0, 0.1) is 41.5 Å². The van der Waals surface area contributed by atoms with Crippen molar-refractivity contribution in [3.8, 4) is 56.7 Å². The molecule has 2 aromatic heterocycles. The van der Waals surface area contributed by atoms with E-state index in [2.05, 4.69) is 198 Å². The molecular weight excluding hydrogens is 929 g/mol. The fraction of sp³-hybridized carbons (Fsp3) is 0.0882. The summed E-state index contributed by atoms with van der Waals surface area (Å²) >= 11 is 0. The minimum atomic E-state index is 0.339. The lowest BCUT2D eigenvalue weighted by Gasteiger charge is -2.32. The van der Waals surface area contributed by atoms with Crippen LogP contribution in [0.2, 0.25) is 0 Å². The summed E-state index contributed by atoms with van der Waals surface area (Å²) in [6.07, 6.45) is 0. The van der Waals surface area contributed by atoms with Gasteiger partial charge in [-0.1, -0.05) is 187 Å². The van der Waals surface area contributed by atoms with Crippen molar-refractivity contribution < 1.29 is 0 Å². The zero-order valence-corrected chi connectivity index (χ0v) is 43.4.